The van der Waals surface area contributed by atoms with Gasteiger partial charge in [0.05, 0.1) is 18.5 Å². The van der Waals surface area contributed by atoms with Crippen LogP contribution in [-0.4, -0.2) is 60.7 Å². The molecule has 156 valence electrons. The predicted octanol–water partition coefficient (Wildman–Crippen LogP) is -0.237. The molecule has 0 heterocycles. The second-order valence-corrected chi connectivity index (χ2v) is 5.77. The van der Waals surface area contributed by atoms with E-state index in [0.717, 1.165) is 27.7 Å². The van der Waals surface area contributed by atoms with Crippen LogP contribution in [0.2, 0.25) is 0 Å². The number of carbonyl (C=O) groups is 5. The Morgan fingerprint density at radius 3 is 1.71 bits per heavy atom. The van der Waals surface area contributed by atoms with Gasteiger partial charge in [0.15, 0.2) is 18.3 Å². The molecule has 11 nitrogen and oxygen atoms in total. The van der Waals surface area contributed by atoms with Crippen molar-refractivity contribution in [3.05, 3.63) is 0 Å². The molecule has 0 saturated heterocycles. The lowest BCUT2D eigenvalue weighted by atomic mass is 9.98. The van der Waals surface area contributed by atoms with Crippen molar-refractivity contribution >= 4 is 29.8 Å². The molecule has 0 spiro atoms. The number of hydrogen-bond acceptors (Lipinski definition) is 10. The predicted molar refractivity (Wildman–Crippen MR) is 91.1 cm³/mol. The van der Waals surface area contributed by atoms with Gasteiger partial charge < -0.3 is 24.3 Å². The van der Waals surface area contributed by atoms with Gasteiger partial charge in [0, 0.05) is 34.6 Å². The number of nitriles is 1. The molecule has 0 radical (unpaired) electrons. The van der Waals surface area contributed by atoms with E-state index in [1.54, 1.807) is 0 Å². The highest BCUT2D eigenvalue weighted by Crippen LogP contribution is 2.19. The van der Waals surface area contributed by atoms with Crippen LogP contribution in [0.1, 0.15) is 41.0 Å². The molecule has 1 amide bonds. The van der Waals surface area contributed by atoms with Gasteiger partial charge in [-0.15, -0.1) is 0 Å². The zero-order valence-electron chi connectivity index (χ0n) is 16.3. The molecule has 0 aliphatic heterocycles. The van der Waals surface area contributed by atoms with Crippen LogP contribution in [0.15, 0.2) is 0 Å². The summed E-state index contributed by atoms with van der Waals surface area (Å²) in [4.78, 5) is 57.3. The number of nitrogens with zero attached hydrogens (tertiary/aromatic N) is 1. The summed E-state index contributed by atoms with van der Waals surface area (Å²) in [6.07, 6.45) is -4.53. The van der Waals surface area contributed by atoms with Crippen LogP contribution in [0, 0.1) is 11.3 Å². The lowest BCUT2D eigenvalue weighted by molar-refractivity contribution is -0.191. The summed E-state index contributed by atoms with van der Waals surface area (Å²) < 4.78 is 20.3. The standard InChI is InChI=1S/C17H24N2O9/c1-9(20)19-14(6-7-18)16(27-12(4)23)17(28-13(5)24)15(26-11(3)22)8-25-10(2)21/h14-17H,6,8H2,1-5H3,(H,19,20)/t14-,15+,16+,17+/m0/s1. The summed E-state index contributed by atoms with van der Waals surface area (Å²) >= 11 is 0. The van der Waals surface area contributed by atoms with Crippen LogP contribution in [0.25, 0.3) is 0 Å². The first kappa shape index (κ1) is 24.8. The molecule has 0 aromatic carbocycles. The van der Waals surface area contributed by atoms with E-state index >= 15 is 0 Å². The van der Waals surface area contributed by atoms with Gasteiger partial charge in [-0.05, 0) is 0 Å². The number of hydrogen-bond donors (Lipinski definition) is 1. The Balaban J connectivity index is 6.10. The van der Waals surface area contributed by atoms with Crippen LogP contribution >= 0.6 is 0 Å². The van der Waals surface area contributed by atoms with E-state index in [9.17, 15) is 24.0 Å². The first-order valence-electron chi connectivity index (χ1n) is 8.27. The minimum atomic E-state index is -1.46. The molecular formula is C17H24N2O9. The van der Waals surface area contributed by atoms with Gasteiger partial charge in [0.25, 0.3) is 0 Å². The fourth-order valence-electron chi connectivity index (χ4n) is 2.33. The average molecular weight is 400 g/mol. The fraction of sp³-hybridized carbons (Fsp3) is 0.647. The molecule has 28 heavy (non-hydrogen) atoms. The molecule has 0 bridgehead atoms. The third-order valence-corrected chi connectivity index (χ3v) is 3.16. The normalized spacial score (nSPS) is 14.3. The van der Waals surface area contributed by atoms with Gasteiger partial charge in [-0.3, -0.25) is 24.0 Å². The van der Waals surface area contributed by atoms with Gasteiger partial charge >= 0.3 is 23.9 Å². The molecule has 1 N–H and O–H groups in total. The summed E-state index contributed by atoms with van der Waals surface area (Å²) in [5.41, 5.74) is 0. The minimum Gasteiger partial charge on any atom is -0.462 e. The van der Waals surface area contributed by atoms with Crippen molar-refractivity contribution < 1.29 is 42.9 Å². The highest BCUT2D eigenvalue weighted by molar-refractivity contribution is 5.73. The molecular weight excluding hydrogens is 376 g/mol. The molecule has 0 aliphatic carbocycles. The molecule has 4 atom stereocenters. The first-order valence-corrected chi connectivity index (χ1v) is 8.27. The number of rotatable bonds is 10. The second kappa shape index (κ2) is 12.3. The van der Waals surface area contributed by atoms with Gasteiger partial charge in [0.2, 0.25) is 5.91 Å². The van der Waals surface area contributed by atoms with Crippen molar-refractivity contribution in [1.82, 2.24) is 5.32 Å². The number of carbonyl (C=O) groups excluding carboxylic acids is 5. The molecule has 0 fully saturated rings. The molecule has 11 heteroatoms. The van der Waals surface area contributed by atoms with E-state index in [-0.39, 0.29) is 6.42 Å². The average Bonchev–Trinajstić information content (AvgIpc) is 2.53. The van der Waals surface area contributed by atoms with E-state index < -0.39 is 60.7 Å². The van der Waals surface area contributed by atoms with Gasteiger partial charge in [-0.25, -0.2) is 0 Å². The van der Waals surface area contributed by atoms with Gasteiger partial charge in [-0.2, -0.15) is 5.26 Å². The van der Waals surface area contributed by atoms with Crippen LogP contribution in [-0.2, 0) is 42.9 Å². The number of esters is 4. The fourth-order valence-corrected chi connectivity index (χ4v) is 2.33. The quantitative estimate of drug-likeness (QED) is 0.383. The maximum Gasteiger partial charge on any atom is 0.303 e. The number of nitrogens with one attached hydrogen (secondary N) is 1. The Labute approximate surface area is 162 Å². The van der Waals surface area contributed by atoms with Crippen molar-refractivity contribution in [3.8, 4) is 6.07 Å². The Hall–Kier alpha value is -3.16. The van der Waals surface area contributed by atoms with Crippen molar-refractivity contribution in [2.24, 2.45) is 0 Å². The third kappa shape index (κ3) is 10.1. The number of amides is 1. The molecule has 0 aliphatic rings. The van der Waals surface area contributed by atoms with Crippen molar-refractivity contribution in [3.63, 3.8) is 0 Å². The topological polar surface area (TPSA) is 158 Å². The molecule has 0 aromatic rings. The largest absolute Gasteiger partial charge is 0.462 e. The zero-order valence-corrected chi connectivity index (χ0v) is 16.3. The smallest absolute Gasteiger partial charge is 0.303 e. The number of ether oxygens (including phenoxy) is 4. The van der Waals surface area contributed by atoms with Crippen LogP contribution in [0.4, 0.5) is 0 Å². The summed E-state index contributed by atoms with van der Waals surface area (Å²) in [6.45, 7) is 4.99. The molecule has 0 rings (SSSR count). The van der Waals surface area contributed by atoms with E-state index in [0.29, 0.717) is 0 Å². The minimum absolute atomic E-state index is 0.310. The van der Waals surface area contributed by atoms with E-state index in [2.05, 4.69) is 5.32 Å². The Morgan fingerprint density at radius 2 is 1.32 bits per heavy atom. The SMILES string of the molecule is CC(=O)N[C@@H](CC#N)[C@@H](OC(C)=O)[C@H](OC(C)=O)[C@@H](COC(C)=O)OC(C)=O. The summed E-state index contributed by atoms with van der Waals surface area (Å²) in [7, 11) is 0. The summed E-state index contributed by atoms with van der Waals surface area (Å²) in [5, 5.41) is 11.5. The molecule has 0 unspecified atom stereocenters. The highest BCUT2D eigenvalue weighted by Gasteiger charge is 2.42. The third-order valence-electron chi connectivity index (χ3n) is 3.16. The Morgan fingerprint density at radius 1 is 0.821 bits per heavy atom. The lowest BCUT2D eigenvalue weighted by Gasteiger charge is -2.35. The first-order chi connectivity index (χ1) is 13.0. The zero-order chi connectivity index (χ0) is 21.9. The lowest BCUT2D eigenvalue weighted by Crippen LogP contribution is -2.56. The van der Waals surface area contributed by atoms with E-state index in [1.165, 1.54) is 6.92 Å². The molecule has 0 saturated carbocycles. The summed E-state index contributed by atoms with van der Waals surface area (Å²) in [6, 6.07) is 0.734. The van der Waals surface area contributed by atoms with E-state index in [1.807, 2.05) is 6.07 Å². The van der Waals surface area contributed by atoms with Crippen molar-refractivity contribution in [2.45, 2.75) is 65.4 Å². The highest BCUT2D eigenvalue weighted by atomic mass is 16.6. The molecule has 0 aromatic heterocycles. The van der Waals surface area contributed by atoms with Gasteiger partial charge in [0.1, 0.15) is 6.61 Å². The maximum atomic E-state index is 11.6. The van der Waals surface area contributed by atoms with E-state index in [4.69, 9.17) is 24.2 Å². The van der Waals surface area contributed by atoms with Crippen molar-refractivity contribution in [1.29, 1.82) is 5.26 Å². The van der Waals surface area contributed by atoms with Crippen molar-refractivity contribution in [2.75, 3.05) is 6.61 Å². The van der Waals surface area contributed by atoms with Crippen LogP contribution in [0.3, 0.4) is 0 Å². The maximum absolute atomic E-state index is 11.6. The monoisotopic (exact) mass is 400 g/mol. The van der Waals surface area contributed by atoms with Crippen LogP contribution in [0.5, 0.6) is 0 Å². The van der Waals surface area contributed by atoms with Gasteiger partial charge in [-0.1, -0.05) is 0 Å². The summed E-state index contributed by atoms with van der Waals surface area (Å²) in [5.74, 6) is -3.64. The Bertz CT molecular complexity index is 641. The van der Waals surface area contributed by atoms with Crippen LogP contribution < -0.4 is 5.32 Å². The Kier molecular flexibility index (Phi) is 10.9. The second-order valence-electron chi connectivity index (χ2n) is 5.77.